The molecule has 26 heavy (non-hydrogen) atoms. The Morgan fingerprint density at radius 2 is 1.73 bits per heavy atom. The summed E-state index contributed by atoms with van der Waals surface area (Å²) in [7, 11) is -3.73. The maximum atomic E-state index is 12.6. The molecule has 1 aliphatic heterocycles. The SMILES string of the molecule is O=C(O)c1csc(S(=O)(=O)N2CCN(C(=O)Cc3ccccc3)CC2)c1. The van der Waals surface area contributed by atoms with Crippen molar-refractivity contribution < 1.29 is 23.1 Å². The van der Waals surface area contributed by atoms with Gasteiger partial charge in [0, 0.05) is 31.6 Å². The normalized spacial score (nSPS) is 15.8. The molecular weight excluding hydrogens is 376 g/mol. The average molecular weight is 394 g/mol. The molecule has 9 heteroatoms. The van der Waals surface area contributed by atoms with Crippen LogP contribution in [0.15, 0.2) is 46.0 Å². The van der Waals surface area contributed by atoms with Gasteiger partial charge in [-0.25, -0.2) is 13.2 Å². The Morgan fingerprint density at radius 3 is 2.31 bits per heavy atom. The molecule has 1 fully saturated rings. The number of thiophene rings is 1. The van der Waals surface area contributed by atoms with E-state index in [0.717, 1.165) is 16.9 Å². The molecule has 3 rings (SSSR count). The third-order valence-electron chi connectivity index (χ3n) is 4.21. The number of carboxylic acids is 1. The molecule has 1 N–H and O–H groups in total. The van der Waals surface area contributed by atoms with Gasteiger partial charge in [-0.15, -0.1) is 11.3 Å². The third-order valence-corrected chi connectivity index (χ3v) is 7.52. The van der Waals surface area contributed by atoms with Gasteiger partial charge in [0.1, 0.15) is 4.21 Å². The Bertz CT molecular complexity index is 900. The van der Waals surface area contributed by atoms with Gasteiger partial charge in [-0.05, 0) is 11.6 Å². The quantitative estimate of drug-likeness (QED) is 0.830. The second kappa shape index (κ2) is 7.56. The van der Waals surface area contributed by atoms with Gasteiger partial charge < -0.3 is 10.0 Å². The summed E-state index contributed by atoms with van der Waals surface area (Å²) in [6, 6.07) is 10.6. The van der Waals surface area contributed by atoms with Gasteiger partial charge in [0.2, 0.25) is 5.91 Å². The molecule has 0 saturated carbocycles. The van der Waals surface area contributed by atoms with Crippen LogP contribution < -0.4 is 0 Å². The highest BCUT2D eigenvalue weighted by Crippen LogP contribution is 2.25. The van der Waals surface area contributed by atoms with Gasteiger partial charge in [0.15, 0.2) is 0 Å². The first-order valence-electron chi connectivity index (χ1n) is 8.01. The minimum absolute atomic E-state index is 0.0129. The van der Waals surface area contributed by atoms with E-state index >= 15 is 0 Å². The molecule has 2 heterocycles. The van der Waals surface area contributed by atoms with Gasteiger partial charge in [-0.3, -0.25) is 4.79 Å². The van der Waals surface area contributed by atoms with Crippen LogP contribution in [0, 0.1) is 0 Å². The summed E-state index contributed by atoms with van der Waals surface area (Å²) in [5, 5.41) is 10.3. The van der Waals surface area contributed by atoms with Crippen molar-refractivity contribution >= 4 is 33.2 Å². The number of piperazine rings is 1. The predicted octanol–water partition coefficient (Wildman–Crippen LogP) is 1.52. The minimum Gasteiger partial charge on any atom is -0.478 e. The van der Waals surface area contributed by atoms with Gasteiger partial charge >= 0.3 is 5.97 Å². The van der Waals surface area contributed by atoms with Crippen LogP contribution in [-0.4, -0.2) is 60.8 Å². The zero-order valence-corrected chi connectivity index (χ0v) is 15.5. The summed E-state index contributed by atoms with van der Waals surface area (Å²) in [5.41, 5.74) is 0.887. The molecule has 0 atom stereocenters. The molecule has 1 amide bonds. The zero-order valence-electron chi connectivity index (χ0n) is 13.9. The van der Waals surface area contributed by atoms with E-state index in [9.17, 15) is 18.0 Å². The number of aromatic carboxylic acids is 1. The first-order valence-corrected chi connectivity index (χ1v) is 10.3. The highest BCUT2D eigenvalue weighted by Gasteiger charge is 2.31. The fourth-order valence-electron chi connectivity index (χ4n) is 2.75. The summed E-state index contributed by atoms with van der Waals surface area (Å²) >= 11 is 0.896. The Labute approximate surface area is 155 Å². The van der Waals surface area contributed by atoms with E-state index in [1.54, 1.807) is 4.90 Å². The largest absolute Gasteiger partial charge is 0.478 e. The fraction of sp³-hybridized carbons (Fsp3) is 0.294. The molecule has 2 aromatic rings. The fourth-order valence-corrected chi connectivity index (χ4v) is 5.48. The number of hydrogen-bond donors (Lipinski definition) is 1. The van der Waals surface area contributed by atoms with Crippen LogP contribution in [0.25, 0.3) is 0 Å². The summed E-state index contributed by atoms with van der Waals surface area (Å²) in [6.45, 7) is 1.04. The van der Waals surface area contributed by atoms with Crippen molar-refractivity contribution in [3.05, 3.63) is 52.9 Å². The Balaban J connectivity index is 1.62. The van der Waals surface area contributed by atoms with Crippen molar-refractivity contribution in [2.24, 2.45) is 0 Å². The Kier molecular flexibility index (Phi) is 5.40. The number of nitrogens with zero attached hydrogens (tertiary/aromatic N) is 2. The molecule has 138 valence electrons. The molecule has 0 radical (unpaired) electrons. The second-order valence-corrected chi connectivity index (χ2v) is 8.98. The Morgan fingerprint density at radius 1 is 1.08 bits per heavy atom. The van der Waals surface area contributed by atoms with Gasteiger partial charge in [0.25, 0.3) is 10.0 Å². The van der Waals surface area contributed by atoms with Crippen LogP contribution in [0.3, 0.4) is 0 Å². The number of sulfonamides is 1. The lowest BCUT2D eigenvalue weighted by molar-refractivity contribution is -0.131. The molecule has 7 nitrogen and oxygen atoms in total. The van der Waals surface area contributed by atoms with Crippen LogP contribution in [0.2, 0.25) is 0 Å². The first kappa shape index (κ1) is 18.6. The molecule has 1 saturated heterocycles. The molecular formula is C17H18N2O5S2. The van der Waals surface area contributed by atoms with E-state index < -0.39 is 16.0 Å². The van der Waals surface area contributed by atoms with Gasteiger partial charge in [-0.1, -0.05) is 30.3 Å². The van der Waals surface area contributed by atoms with E-state index in [1.807, 2.05) is 30.3 Å². The van der Waals surface area contributed by atoms with E-state index in [1.165, 1.54) is 15.8 Å². The summed E-state index contributed by atoms with van der Waals surface area (Å²) < 4.78 is 26.6. The van der Waals surface area contributed by atoms with Crippen LogP contribution >= 0.6 is 11.3 Å². The van der Waals surface area contributed by atoms with Crippen molar-refractivity contribution in [3.8, 4) is 0 Å². The van der Waals surface area contributed by atoms with Crippen molar-refractivity contribution in [1.82, 2.24) is 9.21 Å². The third kappa shape index (κ3) is 3.95. The van der Waals surface area contributed by atoms with Crippen molar-refractivity contribution in [1.29, 1.82) is 0 Å². The predicted molar refractivity (Wildman–Crippen MR) is 96.8 cm³/mol. The first-order chi connectivity index (χ1) is 12.4. The molecule has 1 aromatic carbocycles. The number of carbonyl (C=O) groups is 2. The standard InChI is InChI=1S/C17H18N2O5S2/c20-15(10-13-4-2-1-3-5-13)18-6-8-19(9-7-18)26(23,24)16-11-14(12-25-16)17(21)22/h1-5,11-12H,6-10H2,(H,21,22). The monoisotopic (exact) mass is 394 g/mol. The zero-order chi connectivity index (χ0) is 18.7. The minimum atomic E-state index is -3.73. The summed E-state index contributed by atoms with van der Waals surface area (Å²) in [4.78, 5) is 25.0. The second-order valence-electron chi connectivity index (χ2n) is 5.91. The van der Waals surface area contributed by atoms with Gasteiger partial charge in [0.05, 0.1) is 12.0 Å². The number of carbonyl (C=O) groups excluding carboxylic acids is 1. The van der Waals surface area contributed by atoms with E-state index in [0.29, 0.717) is 19.5 Å². The lowest BCUT2D eigenvalue weighted by Gasteiger charge is -2.33. The van der Waals surface area contributed by atoms with Crippen LogP contribution in [0.1, 0.15) is 15.9 Å². The van der Waals surface area contributed by atoms with Crippen molar-refractivity contribution in [2.75, 3.05) is 26.2 Å². The number of benzene rings is 1. The molecule has 0 unspecified atom stereocenters. The lowest BCUT2D eigenvalue weighted by atomic mass is 10.1. The number of amides is 1. The Hall–Kier alpha value is -2.23. The van der Waals surface area contributed by atoms with E-state index in [4.69, 9.17) is 5.11 Å². The maximum Gasteiger partial charge on any atom is 0.336 e. The van der Waals surface area contributed by atoms with E-state index in [2.05, 4.69) is 0 Å². The number of rotatable bonds is 5. The highest BCUT2D eigenvalue weighted by atomic mass is 32.2. The summed E-state index contributed by atoms with van der Waals surface area (Å²) in [6.07, 6.45) is 0.292. The molecule has 1 aliphatic rings. The molecule has 1 aromatic heterocycles. The molecule has 0 bridgehead atoms. The number of hydrogen-bond acceptors (Lipinski definition) is 5. The average Bonchev–Trinajstić information content (AvgIpc) is 3.14. The molecule has 0 spiro atoms. The lowest BCUT2D eigenvalue weighted by Crippen LogP contribution is -2.50. The molecule has 0 aliphatic carbocycles. The van der Waals surface area contributed by atoms with E-state index in [-0.39, 0.29) is 28.8 Å². The van der Waals surface area contributed by atoms with Crippen molar-refractivity contribution in [2.45, 2.75) is 10.6 Å². The van der Waals surface area contributed by atoms with Gasteiger partial charge in [-0.2, -0.15) is 4.31 Å². The smallest absolute Gasteiger partial charge is 0.336 e. The topological polar surface area (TPSA) is 95.0 Å². The number of carboxylic acid groups (broad SMARTS) is 1. The highest BCUT2D eigenvalue weighted by molar-refractivity contribution is 7.91. The van der Waals surface area contributed by atoms with Crippen molar-refractivity contribution in [3.63, 3.8) is 0 Å². The van der Waals surface area contributed by atoms with Crippen LogP contribution in [0.5, 0.6) is 0 Å². The summed E-state index contributed by atoms with van der Waals surface area (Å²) in [5.74, 6) is -1.18. The van der Waals surface area contributed by atoms with Crippen LogP contribution in [0.4, 0.5) is 0 Å². The maximum absolute atomic E-state index is 12.6. The van der Waals surface area contributed by atoms with Crippen LogP contribution in [-0.2, 0) is 21.2 Å².